The molecule has 9 nitrogen and oxygen atoms in total. The van der Waals surface area contributed by atoms with Gasteiger partial charge in [0.15, 0.2) is 5.65 Å². The molecule has 0 spiro atoms. The lowest BCUT2D eigenvalue weighted by Crippen LogP contribution is -2.30. The molecule has 1 saturated heterocycles. The molecule has 0 atom stereocenters. The van der Waals surface area contributed by atoms with Gasteiger partial charge < -0.3 is 19.1 Å². The van der Waals surface area contributed by atoms with Crippen molar-refractivity contribution in [3.05, 3.63) is 46.2 Å². The highest BCUT2D eigenvalue weighted by molar-refractivity contribution is 6.03. The summed E-state index contributed by atoms with van der Waals surface area (Å²) in [4.78, 5) is 40.1. The zero-order valence-electron chi connectivity index (χ0n) is 18.5. The van der Waals surface area contributed by atoms with Gasteiger partial charge in [-0.1, -0.05) is 12.1 Å². The molecule has 1 aliphatic rings. The average molecular weight is 435 g/mol. The SMILES string of the molecule is CCOC(=O)c1c(=O)c2cnc(N3CCCN(C)CC3)nc2n2c3ccccc3n(C)c12. The van der Waals surface area contributed by atoms with E-state index in [1.807, 2.05) is 40.3 Å². The van der Waals surface area contributed by atoms with Crippen molar-refractivity contribution in [2.45, 2.75) is 13.3 Å². The first-order valence-corrected chi connectivity index (χ1v) is 10.9. The van der Waals surface area contributed by atoms with Crippen LogP contribution in [0.4, 0.5) is 5.95 Å². The Hall–Kier alpha value is -3.46. The quantitative estimate of drug-likeness (QED) is 0.456. The van der Waals surface area contributed by atoms with Gasteiger partial charge in [-0.3, -0.25) is 9.20 Å². The molecule has 166 valence electrons. The molecule has 32 heavy (non-hydrogen) atoms. The van der Waals surface area contributed by atoms with Crippen molar-refractivity contribution in [2.24, 2.45) is 7.05 Å². The summed E-state index contributed by atoms with van der Waals surface area (Å²) in [5.41, 5.74) is 2.32. The van der Waals surface area contributed by atoms with Crippen molar-refractivity contribution in [3.8, 4) is 0 Å². The summed E-state index contributed by atoms with van der Waals surface area (Å²) in [6.45, 7) is 5.53. The van der Waals surface area contributed by atoms with E-state index in [4.69, 9.17) is 9.72 Å². The molecule has 0 saturated carbocycles. The molecule has 4 heterocycles. The van der Waals surface area contributed by atoms with Gasteiger partial charge in [0.25, 0.3) is 0 Å². The number of carbonyl (C=O) groups is 1. The molecular weight excluding hydrogens is 408 g/mol. The van der Waals surface area contributed by atoms with Crippen molar-refractivity contribution in [3.63, 3.8) is 0 Å². The zero-order chi connectivity index (χ0) is 22.4. The van der Waals surface area contributed by atoms with E-state index in [0.717, 1.165) is 43.6 Å². The Bertz CT molecular complexity index is 1410. The van der Waals surface area contributed by atoms with Crippen LogP contribution >= 0.6 is 0 Å². The number of ether oxygens (including phenoxy) is 1. The van der Waals surface area contributed by atoms with Gasteiger partial charge in [0.1, 0.15) is 11.2 Å². The third-order valence-electron chi connectivity index (χ3n) is 6.16. The van der Waals surface area contributed by atoms with Gasteiger partial charge in [-0.15, -0.1) is 0 Å². The van der Waals surface area contributed by atoms with E-state index in [-0.39, 0.29) is 12.2 Å². The molecule has 0 aliphatic carbocycles. The van der Waals surface area contributed by atoms with Crippen LogP contribution in [0.2, 0.25) is 0 Å². The molecule has 1 fully saturated rings. The standard InChI is InChI=1S/C23H26N6O3/c1-4-32-22(31)18-19(30)15-14-24-23(28-11-7-10-26(2)12-13-28)25-20(15)29-17-9-6-5-8-16(17)27(3)21(18)29/h5-6,8-9,14H,4,7,10-13H2,1-3H3. The summed E-state index contributed by atoms with van der Waals surface area (Å²) >= 11 is 0. The van der Waals surface area contributed by atoms with Crippen LogP contribution < -0.4 is 10.3 Å². The largest absolute Gasteiger partial charge is 0.462 e. The maximum Gasteiger partial charge on any atom is 0.345 e. The molecule has 5 rings (SSSR count). The van der Waals surface area contributed by atoms with Crippen LogP contribution in [0.1, 0.15) is 23.7 Å². The maximum atomic E-state index is 13.4. The van der Waals surface area contributed by atoms with E-state index < -0.39 is 11.4 Å². The number of imidazole rings is 1. The fraction of sp³-hybridized carbons (Fsp3) is 0.391. The van der Waals surface area contributed by atoms with Gasteiger partial charge in [0, 0.05) is 32.9 Å². The second-order valence-electron chi connectivity index (χ2n) is 8.18. The molecule has 1 aromatic carbocycles. The summed E-state index contributed by atoms with van der Waals surface area (Å²) in [5, 5.41) is 0.303. The van der Waals surface area contributed by atoms with Crippen LogP contribution in [-0.4, -0.2) is 69.6 Å². The minimum Gasteiger partial charge on any atom is -0.462 e. The highest BCUT2D eigenvalue weighted by Gasteiger charge is 2.26. The molecule has 0 bridgehead atoms. The van der Waals surface area contributed by atoms with E-state index in [1.165, 1.54) is 0 Å². The van der Waals surface area contributed by atoms with Gasteiger partial charge in [-0.05, 0) is 39.1 Å². The number of aromatic nitrogens is 4. The number of benzene rings is 1. The summed E-state index contributed by atoms with van der Waals surface area (Å²) in [5.74, 6) is -0.0414. The number of fused-ring (bicyclic) bond motifs is 5. The summed E-state index contributed by atoms with van der Waals surface area (Å²) in [6.07, 6.45) is 2.56. The highest BCUT2D eigenvalue weighted by atomic mass is 16.5. The van der Waals surface area contributed by atoms with E-state index >= 15 is 0 Å². The zero-order valence-corrected chi connectivity index (χ0v) is 18.5. The number of anilines is 1. The Labute approximate surface area is 184 Å². The van der Waals surface area contributed by atoms with Crippen molar-refractivity contribution < 1.29 is 9.53 Å². The van der Waals surface area contributed by atoms with Crippen LogP contribution in [0.25, 0.3) is 27.7 Å². The number of rotatable bonds is 3. The van der Waals surface area contributed by atoms with Gasteiger partial charge in [-0.2, -0.15) is 4.98 Å². The van der Waals surface area contributed by atoms with E-state index in [9.17, 15) is 9.59 Å². The molecule has 0 amide bonds. The van der Waals surface area contributed by atoms with Gasteiger partial charge in [-0.25, -0.2) is 9.78 Å². The van der Waals surface area contributed by atoms with E-state index in [1.54, 1.807) is 13.1 Å². The maximum absolute atomic E-state index is 13.4. The Morgan fingerprint density at radius 1 is 1.09 bits per heavy atom. The second kappa shape index (κ2) is 7.90. The second-order valence-corrected chi connectivity index (χ2v) is 8.18. The Kier molecular flexibility index (Phi) is 5.05. The number of likely N-dealkylation sites (N-methyl/N-ethyl adjacent to an activating group) is 1. The summed E-state index contributed by atoms with van der Waals surface area (Å²) in [7, 11) is 3.96. The molecule has 0 unspecified atom stereocenters. The molecule has 1 aliphatic heterocycles. The average Bonchev–Trinajstić information content (AvgIpc) is 2.93. The lowest BCUT2D eigenvalue weighted by atomic mass is 10.2. The van der Waals surface area contributed by atoms with Crippen LogP contribution in [0, 0.1) is 0 Å². The van der Waals surface area contributed by atoms with Crippen LogP contribution in [0.15, 0.2) is 35.3 Å². The van der Waals surface area contributed by atoms with Crippen molar-refractivity contribution in [2.75, 3.05) is 44.7 Å². The first-order valence-electron chi connectivity index (χ1n) is 10.9. The van der Waals surface area contributed by atoms with Gasteiger partial charge in [0.05, 0.1) is 23.0 Å². The highest BCUT2D eigenvalue weighted by Crippen LogP contribution is 2.26. The minimum absolute atomic E-state index is 0.00537. The molecule has 4 aromatic rings. The van der Waals surface area contributed by atoms with Crippen molar-refractivity contribution in [1.82, 2.24) is 23.8 Å². The summed E-state index contributed by atoms with van der Waals surface area (Å²) < 4.78 is 8.98. The Morgan fingerprint density at radius 2 is 1.88 bits per heavy atom. The summed E-state index contributed by atoms with van der Waals surface area (Å²) in [6, 6.07) is 7.78. The Balaban J connectivity index is 1.84. The Morgan fingerprint density at radius 3 is 2.66 bits per heavy atom. The lowest BCUT2D eigenvalue weighted by molar-refractivity contribution is 0.0526. The van der Waals surface area contributed by atoms with E-state index in [2.05, 4.69) is 21.8 Å². The normalized spacial score (nSPS) is 15.5. The number of para-hydroxylation sites is 2. The first kappa shape index (κ1) is 20.4. The number of carbonyl (C=O) groups excluding carboxylic acids is 1. The van der Waals surface area contributed by atoms with Crippen LogP contribution in [0.3, 0.4) is 0 Å². The monoisotopic (exact) mass is 434 g/mol. The van der Waals surface area contributed by atoms with Gasteiger partial charge >= 0.3 is 5.97 Å². The number of aryl methyl sites for hydroxylation is 1. The fourth-order valence-electron chi connectivity index (χ4n) is 4.53. The minimum atomic E-state index is -0.637. The number of hydrogen-bond acceptors (Lipinski definition) is 7. The topological polar surface area (TPSA) is 85.0 Å². The molecule has 3 aromatic heterocycles. The van der Waals surface area contributed by atoms with Crippen molar-refractivity contribution >= 4 is 39.6 Å². The predicted octanol–water partition coefficient (Wildman–Crippen LogP) is 2.05. The number of nitrogens with zero attached hydrogens (tertiary/aromatic N) is 6. The number of hydrogen-bond donors (Lipinski definition) is 0. The smallest absolute Gasteiger partial charge is 0.345 e. The predicted molar refractivity (Wildman–Crippen MR) is 124 cm³/mol. The number of esters is 1. The van der Waals surface area contributed by atoms with Crippen molar-refractivity contribution in [1.29, 1.82) is 0 Å². The fourth-order valence-corrected chi connectivity index (χ4v) is 4.53. The van der Waals surface area contributed by atoms with Crippen LogP contribution in [-0.2, 0) is 11.8 Å². The third kappa shape index (κ3) is 3.12. The van der Waals surface area contributed by atoms with Gasteiger partial charge in [0.2, 0.25) is 11.4 Å². The lowest BCUT2D eigenvalue weighted by Gasteiger charge is -2.20. The third-order valence-corrected chi connectivity index (χ3v) is 6.16. The molecule has 0 N–H and O–H groups in total. The molecular formula is C23H26N6O3. The van der Waals surface area contributed by atoms with E-state index in [0.29, 0.717) is 22.6 Å². The van der Waals surface area contributed by atoms with Crippen LogP contribution in [0.5, 0.6) is 0 Å². The molecule has 9 heteroatoms. The first-order chi connectivity index (χ1) is 15.5. The number of pyridine rings is 1. The molecule has 0 radical (unpaired) electrons.